The second-order valence-corrected chi connectivity index (χ2v) is 5.76. The van der Waals surface area contributed by atoms with Gasteiger partial charge >= 0.3 is 59.1 Å². The van der Waals surface area contributed by atoms with E-state index in [4.69, 9.17) is 11.5 Å². The zero-order chi connectivity index (χ0) is 17.2. The summed E-state index contributed by atoms with van der Waals surface area (Å²) in [6, 6.07) is 7.42. The van der Waals surface area contributed by atoms with E-state index in [0.29, 0.717) is 0 Å². The minimum absolute atomic E-state index is 0. The fourth-order valence-electron chi connectivity index (χ4n) is 1.80. The van der Waals surface area contributed by atoms with Crippen molar-refractivity contribution >= 4 is 38.8 Å². The van der Waals surface area contributed by atoms with Crippen molar-refractivity contribution in [3.8, 4) is 0 Å². The normalized spacial score (nSPS) is 10.8. The molecular weight excluding hydrogens is 370 g/mol. The number of nitrogens with zero attached hydrogens (tertiary/aromatic N) is 2. The molecule has 0 bridgehead atoms. The Balaban J connectivity index is 0.00000288. The molecule has 0 aliphatic carbocycles. The number of carboxylic acid groups (broad SMARTS) is 1. The Morgan fingerprint density at radius 2 is 1.64 bits per heavy atom. The Bertz CT molecular complexity index is 919. The summed E-state index contributed by atoms with van der Waals surface area (Å²) in [6.45, 7) is 0. The molecule has 0 amide bonds. The van der Waals surface area contributed by atoms with E-state index in [1.54, 1.807) is 0 Å². The summed E-state index contributed by atoms with van der Waals surface area (Å²) in [5.74, 6) is -1.58. The summed E-state index contributed by atoms with van der Waals surface area (Å²) in [7, 11) is -4.76. The first kappa shape index (κ1) is 24.0. The summed E-state index contributed by atoms with van der Waals surface area (Å²) in [4.78, 5) is 10.5. The van der Waals surface area contributed by atoms with Crippen LogP contribution in [0.5, 0.6) is 0 Å². The molecule has 0 aliphatic rings. The molecule has 9 nitrogen and oxygen atoms in total. The number of nitrogen functional groups attached to an aromatic ring is 2. The molecule has 2 rings (SSSR count). The molecule has 0 saturated carbocycles. The number of carbonyl (C=O) groups excluding carboxylic acids is 1. The Morgan fingerprint density at radius 3 is 2.20 bits per heavy atom. The van der Waals surface area contributed by atoms with Gasteiger partial charge in [0.05, 0.1) is 16.6 Å². The minimum Gasteiger partial charge on any atom is -0.744 e. The number of carbonyl (C=O) groups is 1. The van der Waals surface area contributed by atoms with Crippen LogP contribution < -0.4 is 75.7 Å². The first-order valence-corrected chi connectivity index (χ1v) is 7.48. The van der Waals surface area contributed by atoms with E-state index in [1.807, 2.05) is 0 Å². The van der Waals surface area contributed by atoms with Gasteiger partial charge in [0.1, 0.15) is 21.5 Å². The minimum atomic E-state index is -4.76. The van der Waals surface area contributed by atoms with Gasteiger partial charge in [-0.05, 0) is 24.3 Å². The number of benzene rings is 2. The number of aromatic carboxylic acids is 1. The van der Waals surface area contributed by atoms with Crippen molar-refractivity contribution in [1.82, 2.24) is 0 Å². The predicted octanol–water partition coefficient (Wildman–Crippen LogP) is -5.46. The van der Waals surface area contributed by atoms with E-state index >= 15 is 0 Å². The summed E-state index contributed by atoms with van der Waals surface area (Å²) in [5, 5.41) is 18.3. The van der Waals surface area contributed by atoms with E-state index < -0.39 is 26.5 Å². The topological polar surface area (TPSA) is 174 Å². The third-order valence-corrected chi connectivity index (χ3v) is 3.66. The van der Waals surface area contributed by atoms with Crippen LogP contribution in [-0.2, 0) is 10.1 Å². The zero-order valence-electron chi connectivity index (χ0n) is 13.5. The van der Waals surface area contributed by atoms with Crippen molar-refractivity contribution in [3.05, 3.63) is 42.0 Å². The van der Waals surface area contributed by atoms with Gasteiger partial charge in [0.2, 0.25) is 0 Å². The maximum atomic E-state index is 11.1. The first-order chi connectivity index (χ1) is 10.7. The van der Waals surface area contributed by atoms with Crippen LogP contribution in [0, 0.1) is 0 Å². The summed E-state index contributed by atoms with van der Waals surface area (Å²) in [5.41, 5.74) is 10.2. The van der Waals surface area contributed by atoms with Crippen molar-refractivity contribution in [1.29, 1.82) is 0 Å². The summed E-state index contributed by atoms with van der Waals surface area (Å²) < 4.78 is 33.4. The van der Waals surface area contributed by atoms with Gasteiger partial charge < -0.3 is 25.9 Å². The van der Waals surface area contributed by atoms with E-state index in [-0.39, 0.29) is 81.9 Å². The average Bonchev–Trinajstić information content (AvgIpc) is 2.44. The largest absolute Gasteiger partial charge is 1.00 e. The van der Waals surface area contributed by atoms with E-state index in [2.05, 4.69) is 10.2 Å². The maximum Gasteiger partial charge on any atom is 1.00 e. The molecule has 12 heteroatoms. The van der Waals surface area contributed by atoms with E-state index in [9.17, 15) is 22.9 Å². The summed E-state index contributed by atoms with van der Waals surface area (Å²) in [6.07, 6.45) is 0. The van der Waals surface area contributed by atoms with Crippen LogP contribution in [0.3, 0.4) is 0 Å². The molecule has 0 unspecified atom stereocenters. The van der Waals surface area contributed by atoms with Crippen molar-refractivity contribution in [2.45, 2.75) is 4.90 Å². The van der Waals surface area contributed by atoms with Crippen LogP contribution in [-0.4, -0.2) is 18.9 Å². The fourth-order valence-corrected chi connectivity index (χ4v) is 2.41. The molecular formula is C13H10N4Na2O5S. The van der Waals surface area contributed by atoms with Crippen LogP contribution in [0.15, 0.2) is 51.5 Å². The predicted molar refractivity (Wildman–Crippen MR) is 78.2 cm³/mol. The molecule has 2 aromatic carbocycles. The summed E-state index contributed by atoms with van der Waals surface area (Å²) >= 11 is 0. The number of azo groups is 1. The number of carboxylic acids is 1. The zero-order valence-corrected chi connectivity index (χ0v) is 18.3. The third-order valence-electron chi connectivity index (χ3n) is 2.77. The van der Waals surface area contributed by atoms with Gasteiger partial charge in [-0.3, -0.25) is 0 Å². The smallest absolute Gasteiger partial charge is 0.744 e. The number of anilines is 2. The van der Waals surface area contributed by atoms with Crippen LogP contribution in [0.1, 0.15) is 10.4 Å². The molecule has 2 aromatic rings. The van der Waals surface area contributed by atoms with Gasteiger partial charge in [-0.25, -0.2) is 8.42 Å². The van der Waals surface area contributed by atoms with Crippen molar-refractivity contribution < 1.29 is 82.0 Å². The Morgan fingerprint density at radius 1 is 1.04 bits per heavy atom. The van der Waals surface area contributed by atoms with Crippen LogP contribution in [0.25, 0.3) is 0 Å². The molecule has 0 atom stereocenters. The number of hydrogen-bond acceptors (Lipinski definition) is 9. The van der Waals surface area contributed by atoms with Gasteiger partial charge in [-0.15, -0.1) is 10.2 Å². The van der Waals surface area contributed by atoms with Crippen molar-refractivity contribution in [3.63, 3.8) is 0 Å². The first-order valence-electron chi connectivity index (χ1n) is 6.07. The molecule has 4 N–H and O–H groups in total. The van der Waals surface area contributed by atoms with Gasteiger partial charge in [0.15, 0.2) is 0 Å². The Kier molecular flexibility index (Phi) is 9.27. The SMILES string of the molecule is Nc1cc(N)c(N=Nc2ccccc2S(=O)(=O)[O-])c(C(=O)[O-])c1.[Na+].[Na+]. The molecule has 0 heterocycles. The fraction of sp³-hybridized carbons (Fsp3) is 0. The van der Waals surface area contributed by atoms with Gasteiger partial charge in [0, 0.05) is 11.3 Å². The number of nitrogens with two attached hydrogens (primary N) is 2. The molecule has 0 radical (unpaired) electrons. The quantitative estimate of drug-likeness (QED) is 0.230. The van der Waals surface area contributed by atoms with Crippen LogP contribution >= 0.6 is 0 Å². The molecule has 0 fully saturated rings. The van der Waals surface area contributed by atoms with E-state index in [0.717, 1.165) is 12.1 Å². The monoisotopic (exact) mass is 380 g/mol. The second kappa shape index (κ2) is 9.64. The maximum absolute atomic E-state index is 11.1. The van der Waals surface area contributed by atoms with Crippen LogP contribution in [0.2, 0.25) is 0 Å². The third kappa shape index (κ3) is 6.04. The molecule has 0 spiro atoms. The van der Waals surface area contributed by atoms with Crippen molar-refractivity contribution in [2.75, 3.05) is 11.5 Å². The number of hydrogen-bond donors (Lipinski definition) is 2. The van der Waals surface area contributed by atoms with Crippen molar-refractivity contribution in [2.24, 2.45) is 10.2 Å². The molecule has 0 aliphatic heterocycles. The average molecular weight is 380 g/mol. The van der Waals surface area contributed by atoms with E-state index in [1.165, 1.54) is 24.3 Å². The second-order valence-electron chi connectivity index (χ2n) is 4.42. The molecule has 120 valence electrons. The molecule has 0 aromatic heterocycles. The van der Waals surface area contributed by atoms with Gasteiger partial charge in [-0.1, -0.05) is 12.1 Å². The Hall–Kier alpha value is -0.980. The molecule has 0 saturated heterocycles. The van der Waals surface area contributed by atoms with Crippen LogP contribution in [0.4, 0.5) is 22.7 Å². The van der Waals surface area contributed by atoms with Gasteiger partial charge in [-0.2, -0.15) is 0 Å². The Labute approximate surface area is 187 Å². The molecule has 25 heavy (non-hydrogen) atoms. The number of rotatable bonds is 4. The van der Waals surface area contributed by atoms with Gasteiger partial charge in [0.25, 0.3) is 0 Å². The standard InChI is InChI=1S/C13H12N4O5S.2Na/c14-7-5-8(13(18)19)12(9(15)6-7)17-16-10-3-1-2-4-11(10)23(20,21)22;;/h1-6H,14-15H2,(H,18,19)(H,20,21,22);;/q;2*+1/p-2.